The summed E-state index contributed by atoms with van der Waals surface area (Å²) in [6.45, 7) is 4.76. The molecular weight excluding hydrogens is 316 g/mol. The van der Waals surface area contributed by atoms with Gasteiger partial charge in [0.05, 0.1) is 14.2 Å². The van der Waals surface area contributed by atoms with Crippen molar-refractivity contribution in [1.82, 2.24) is 0 Å². The summed E-state index contributed by atoms with van der Waals surface area (Å²) in [5, 5.41) is 6.22. The number of hydrogen-bond donors (Lipinski definition) is 2. The third kappa shape index (κ3) is 5.14. The molecule has 2 aromatic carbocycles. The van der Waals surface area contributed by atoms with Gasteiger partial charge in [-0.05, 0) is 29.7 Å². The lowest BCUT2D eigenvalue weighted by Gasteiger charge is -2.14. The second-order valence-corrected chi connectivity index (χ2v) is 6.04. The quantitative estimate of drug-likeness (QED) is 0.752. The Morgan fingerprint density at radius 3 is 2.44 bits per heavy atom. The Balaban J connectivity index is 1.89. The van der Waals surface area contributed by atoms with Gasteiger partial charge < -0.3 is 20.1 Å². The zero-order valence-electron chi connectivity index (χ0n) is 15.3. The van der Waals surface area contributed by atoms with Crippen molar-refractivity contribution in [2.45, 2.75) is 26.2 Å². The highest BCUT2D eigenvalue weighted by molar-refractivity contribution is 5.91. The summed E-state index contributed by atoms with van der Waals surface area (Å²) < 4.78 is 10.5. The van der Waals surface area contributed by atoms with E-state index in [-0.39, 0.29) is 5.91 Å². The highest BCUT2D eigenvalue weighted by Crippen LogP contribution is 2.29. The van der Waals surface area contributed by atoms with Crippen LogP contribution in [0.15, 0.2) is 42.5 Å². The summed E-state index contributed by atoms with van der Waals surface area (Å²) in [4.78, 5) is 12.2. The number of amides is 1. The van der Waals surface area contributed by atoms with Gasteiger partial charge in [0.15, 0.2) is 11.5 Å². The van der Waals surface area contributed by atoms with Crippen LogP contribution in [0.4, 0.5) is 11.4 Å². The van der Waals surface area contributed by atoms with E-state index in [1.54, 1.807) is 14.2 Å². The van der Waals surface area contributed by atoms with Crippen LogP contribution < -0.4 is 20.1 Å². The lowest BCUT2D eigenvalue weighted by molar-refractivity contribution is -0.115. The molecule has 0 aromatic heterocycles. The maximum absolute atomic E-state index is 12.2. The number of methoxy groups -OCH3 is 2. The molecule has 0 aliphatic heterocycles. The molecule has 0 atom stereocenters. The van der Waals surface area contributed by atoms with E-state index < -0.39 is 0 Å². The molecule has 1 amide bonds. The molecule has 5 nitrogen and oxygen atoms in total. The van der Waals surface area contributed by atoms with Crippen LogP contribution in [0.2, 0.25) is 0 Å². The van der Waals surface area contributed by atoms with Gasteiger partial charge in [-0.3, -0.25) is 4.79 Å². The van der Waals surface area contributed by atoms with Gasteiger partial charge >= 0.3 is 0 Å². The van der Waals surface area contributed by atoms with Crippen molar-refractivity contribution in [3.05, 3.63) is 48.0 Å². The summed E-state index contributed by atoms with van der Waals surface area (Å²) in [6, 6.07) is 13.5. The fraction of sp³-hybridized carbons (Fsp3) is 0.350. The first-order valence-electron chi connectivity index (χ1n) is 8.39. The van der Waals surface area contributed by atoms with Crippen LogP contribution in [-0.2, 0) is 4.79 Å². The number of benzene rings is 2. The topological polar surface area (TPSA) is 59.6 Å². The number of carbonyl (C=O) groups is 1. The molecule has 2 N–H and O–H groups in total. The minimum atomic E-state index is -0.0129. The lowest BCUT2D eigenvalue weighted by atomic mass is 10.0. The predicted octanol–water partition coefficient (Wildman–Crippen LogP) is 4.27. The molecule has 2 rings (SSSR count). The monoisotopic (exact) mass is 342 g/mol. The molecule has 0 heterocycles. The molecule has 25 heavy (non-hydrogen) atoms. The van der Waals surface area contributed by atoms with Crippen molar-refractivity contribution in [1.29, 1.82) is 0 Å². The molecule has 0 saturated carbocycles. The molecule has 0 aliphatic carbocycles. The first-order chi connectivity index (χ1) is 12.0. The minimum absolute atomic E-state index is 0.0129. The van der Waals surface area contributed by atoms with Gasteiger partial charge in [0.25, 0.3) is 0 Å². The fourth-order valence-corrected chi connectivity index (χ4v) is 2.59. The van der Waals surface area contributed by atoms with Gasteiger partial charge in [0.2, 0.25) is 5.91 Å². The molecule has 0 fully saturated rings. The van der Waals surface area contributed by atoms with E-state index in [2.05, 4.69) is 24.5 Å². The largest absolute Gasteiger partial charge is 0.493 e. The fourth-order valence-electron chi connectivity index (χ4n) is 2.59. The van der Waals surface area contributed by atoms with Crippen molar-refractivity contribution in [3.8, 4) is 11.5 Å². The van der Waals surface area contributed by atoms with Crippen LogP contribution >= 0.6 is 0 Å². The first kappa shape index (κ1) is 18.6. The number of hydrogen-bond acceptors (Lipinski definition) is 4. The lowest BCUT2D eigenvalue weighted by Crippen LogP contribution is -2.17. The molecule has 0 aliphatic rings. The molecule has 0 unspecified atom stereocenters. The number of para-hydroxylation sites is 1. The van der Waals surface area contributed by atoms with Crippen molar-refractivity contribution < 1.29 is 14.3 Å². The average molecular weight is 342 g/mol. The Morgan fingerprint density at radius 1 is 1.04 bits per heavy atom. The smallest absolute Gasteiger partial charge is 0.226 e. The normalized spacial score (nSPS) is 10.4. The number of anilines is 2. The van der Waals surface area contributed by atoms with Crippen LogP contribution in [-0.4, -0.2) is 26.7 Å². The maximum atomic E-state index is 12.2. The van der Waals surface area contributed by atoms with E-state index in [4.69, 9.17) is 9.47 Å². The summed E-state index contributed by atoms with van der Waals surface area (Å²) >= 11 is 0. The van der Waals surface area contributed by atoms with Gasteiger partial charge in [-0.25, -0.2) is 0 Å². The zero-order chi connectivity index (χ0) is 18.2. The Labute approximate surface area is 149 Å². The second kappa shape index (κ2) is 8.97. The minimum Gasteiger partial charge on any atom is -0.493 e. The van der Waals surface area contributed by atoms with Crippen molar-refractivity contribution in [2.75, 3.05) is 31.4 Å². The van der Waals surface area contributed by atoms with Gasteiger partial charge in [-0.1, -0.05) is 32.0 Å². The van der Waals surface area contributed by atoms with Crippen LogP contribution in [0.5, 0.6) is 11.5 Å². The molecule has 0 saturated heterocycles. The molecule has 134 valence electrons. The summed E-state index contributed by atoms with van der Waals surface area (Å²) in [7, 11) is 3.20. The van der Waals surface area contributed by atoms with E-state index in [1.165, 1.54) is 0 Å². The van der Waals surface area contributed by atoms with Gasteiger partial charge in [0.1, 0.15) is 0 Å². The number of nitrogens with one attached hydrogen (secondary N) is 2. The molecule has 0 radical (unpaired) electrons. The number of ether oxygens (including phenoxy) is 2. The van der Waals surface area contributed by atoms with E-state index in [1.807, 2.05) is 42.5 Å². The van der Waals surface area contributed by atoms with E-state index in [9.17, 15) is 4.79 Å². The number of carbonyl (C=O) groups excluding carboxylic acids is 1. The third-order valence-corrected chi connectivity index (χ3v) is 3.92. The summed E-state index contributed by atoms with van der Waals surface area (Å²) in [5.74, 6) is 1.68. The van der Waals surface area contributed by atoms with Crippen LogP contribution in [0, 0.1) is 0 Å². The van der Waals surface area contributed by atoms with E-state index >= 15 is 0 Å². The van der Waals surface area contributed by atoms with Gasteiger partial charge in [-0.15, -0.1) is 0 Å². The highest BCUT2D eigenvalue weighted by Gasteiger charge is 2.09. The summed E-state index contributed by atoms with van der Waals surface area (Å²) in [5.41, 5.74) is 2.91. The standard InChI is InChI=1S/C20H26N2O3/c1-14(2)16-7-5-6-8-17(16)22-20(23)11-12-21-15-9-10-18(24-3)19(13-15)25-4/h5-10,13-14,21H,11-12H2,1-4H3,(H,22,23). The zero-order valence-corrected chi connectivity index (χ0v) is 15.3. The van der Waals surface area contributed by atoms with Gasteiger partial charge in [-0.2, -0.15) is 0 Å². The highest BCUT2D eigenvalue weighted by atomic mass is 16.5. The van der Waals surface area contributed by atoms with Crippen LogP contribution in [0.3, 0.4) is 0 Å². The summed E-state index contributed by atoms with van der Waals surface area (Å²) in [6.07, 6.45) is 0.376. The van der Waals surface area contributed by atoms with Crippen molar-refractivity contribution >= 4 is 17.3 Å². The van der Waals surface area contributed by atoms with Crippen molar-refractivity contribution in [3.63, 3.8) is 0 Å². The molecule has 0 bridgehead atoms. The molecule has 2 aromatic rings. The molecular formula is C20H26N2O3. The average Bonchev–Trinajstić information content (AvgIpc) is 2.61. The van der Waals surface area contributed by atoms with Crippen LogP contribution in [0.1, 0.15) is 31.7 Å². The predicted molar refractivity (Wildman–Crippen MR) is 102 cm³/mol. The van der Waals surface area contributed by atoms with Crippen molar-refractivity contribution in [2.24, 2.45) is 0 Å². The Hall–Kier alpha value is -2.69. The Kier molecular flexibility index (Phi) is 6.69. The first-order valence-corrected chi connectivity index (χ1v) is 8.39. The molecule has 5 heteroatoms. The second-order valence-electron chi connectivity index (χ2n) is 6.04. The third-order valence-electron chi connectivity index (χ3n) is 3.92. The Morgan fingerprint density at radius 2 is 1.76 bits per heavy atom. The number of rotatable bonds is 8. The van der Waals surface area contributed by atoms with E-state index in [0.717, 1.165) is 16.9 Å². The SMILES string of the molecule is COc1ccc(NCCC(=O)Nc2ccccc2C(C)C)cc1OC. The Bertz CT molecular complexity index is 714. The van der Waals surface area contributed by atoms with Crippen LogP contribution in [0.25, 0.3) is 0 Å². The molecule has 0 spiro atoms. The van der Waals surface area contributed by atoms with Gasteiger partial charge in [0, 0.05) is 30.4 Å². The maximum Gasteiger partial charge on any atom is 0.226 e. The van der Waals surface area contributed by atoms with E-state index in [0.29, 0.717) is 30.4 Å².